The predicted molar refractivity (Wildman–Crippen MR) is 84.0 cm³/mol. The van der Waals surface area contributed by atoms with Gasteiger partial charge in [-0.15, -0.1) is 0 Å². The molecule has 6 heteroatoms. The van der Waals surface area contributed by atoms with Gasteiger partial charge < -0.3 is 10.1 Å². The molecule has 0 spiro atoms. The van der Waals surface area contributed by atoms with Crippen LogP contribution in [0.5, 0.6) is 0 Å². The largest absolute Gasteiger partial charge is 0.392 e. The number of rotatable bonds is 4. The molecule has 5 nitrogen and oxygen atoms in total. The fourth-order valence-electron chi connectivity index (χ4n) is 3.16. The summed E-state index contributed by atoms with van der Waals surface area (Å²) in [6, 6.07) is 5.36. The lowest BCUT2D eigenvalue weighted by atomic mass is 10.1. The van der Waals surface area contributed by atoms with Crippen LogP contribution in [0.2, 0.25) is 0 Å². The quantitative estimate of drug-likeness (QED) is 0.901. The molecule has 0 unspecified atom stereocenters. The molecule has 2 heterocycles. The van der Waals surface area contributed by atoms with Crippen LogP contribution < -0.4 is 0 Å². The second-order valence-corrected chi connectivity index (χ2v) is 6.25. The van der Waals surface area contributed by atoms with E-state index in [-0.39, 0.29) is 11.9 Å². The third kappa shape index (κ3) is 3.29. The molecule has 22 heavy (non-hydrogen) atoms. The Morgan fingerprint density at radius 3 is 2.95 bits per heavy atom. The minimum absolute atomic E-state index is 0.282. The number of nitrogens with zero attached hydrogens (tertiary/aromatic N) is 3. The van der Waals surface area contributed by atoms with Gasteiger partial charge in [-0.2, -0.15) is 0 Å². The zero-order chi connectivity index (χ0) is 15.7. The molecule has 0 amide bonds. The van der Waals surface area contributed by atoms with Gasteiger partial charge in [-0.05, 0) is 26.0 Å². The topological polar surface area (TPSA) is 55.4 Å². The van der Waals surface area contributed by atoms with Gasteiger partial charge in [-0.25, -0.2) is 9.37 Å². The zero-order valence-electron chi connectivity index (χ0n) is 13.1. The van der Waals surface area contributed by atoms with Crippen LogP contribution in [0.3, 0.4) is 0 Å². The molecule has 120 valence electrons. The van der Waals surface area contributed by atoms with E-state index in [0.717, 1.165) is 31.0 Å². The molecule has 1 aliphatic rings. The van der Waals surface area contributed by atoms with Crippen LogP contribution in [0, 0.1) is 5.82 Å². The normalized spacial score (nSPS) is 22.3. The molecule has 1 aliphatic heterocycles. The van der Waals surface area contributed by atoms with Crippen molar-refractivity contribution in [2.24, 2.45) is 0 Å². The number of hydrogen-bond acceptors (Lipinski definition) is 4. The molecule has 1 saturated heterocycles. The van der Waals surface area contributed by atoms with Crippen molar-refractivity contribution in [2.45, 2.75) is 32.5 Å². The van der Waals surface area contributed by atoms with Crippen molar-refractivity contribution in [1.29, 1.82) is 0 Å². The minimum atomic E-state index is -0.299. The standard InChI is InChI=1S/C16H23FN4O/c1-11-8-20(6-7-21(11)9-12(2)22)10-15-18-14-5-3-4-13(17)16(14)19-15/h3-5,11-12,22H,6-10H2,1-2H3,(H,18,19)/t11-,12-/m1/s1. The van der Waals surface area contributed by atoms with Crippen molar-refractivity contribution < 1.29 is 9.50 Å². The lowest BCUT2D eigenvalue weighted by molar-refractivity contribution is 0.0415. The molecule has 2 aromatic rings. The first-order valence-corrected chi connectivity index (χ1v) is 7.80. The summed E-state index contributed by atoms with van der Waals surface area (Å²) < 4.78 is 13.7. The molecule has 3 rings (SSSR count). The summed E-state index contributed by atoms with van der Waals surface area (Å²) in [5.41, 5.74) is 1.16. The molecule has 1 aromatic heterocycles. The van der Waals surface area contributed by atoms with Crippen molar-refractivity contribution in [3.05, 3.63) is 29.8 Å². The van der Waals surface area contributed by atoms with Crippen molar-refractivity contribution in [3.8, 4) is 0 Å². The van der Waals surface area contributed by atoms with E-state index in [1.807, 2.05) is 13.0 Å². The highest BCUT2D eigenvalue weighted by Crippen LogP contribution is 2.17. The Bertz CT molecular complexity index is 642. The number of H-pyrrole nitrogens is 1. The Morgan fingerprint density at radius 2 is 2.27 bits per heavy atom. The SMILES string of the molecule is C[C@@H]1CN(Cc2nc3c(F)cccc3[nH]2)CCN1C[C@@H](C)O. The number of nitrogens with one attached hydrogen (secondary N) is 1. The Balaban J connectivity index is 1.65. The van der Waals surface area contributed by atoms with Gasteiger partial charge in [-0.1, -0.05) is 6.07 Å². The Hall–Kier alpha value is -1.50. The average Bonchev–Trinajstić information content (AvgIpc) is 2.85. The van der Waals surface area contributed by atoms with E-state index in [1.165, 1.54) is 6.07 Å². The van der Waals surface area contributed by atoms with Crippen LogP contribution in [-0.4, -0.2) is 63.2 Å². The van der Waals surface area contributed by atoms with Crippen molar-refractivity contribution in [2.75, 3.05) is 26.2 Å². The van der Waals surface area contributed by atoms with Crippen LogP contribution in [0.4, 0.5) is 4.39 Å². The van der Waals surface area contributed by atoms with Gasteiger partial charge in [0, 0.05) is 32.2 Å². The van der Waals surface area contributed by atoms with Gasteiger partial charge in [0.25, 0.3) is 0 Å². The number of aliphatic hydroxyl groups excluding tert-OH is 1. The van der Waals surface area contributed by atoms with E-state index in [2.05, 4.69) is 26.7 Å². The zero-order valence-corrected chi connectivity index (χ0v) is 13.1. The number of imidazole rings is 1. The predicted octanol–water partition coefficient (Wildman–Crippen LogP) is 1.59. The maximum atomic E-state index is 13.7. The number of halogens is 1. The van der Waals surface area contributed by atoms with Crippen molar-refractivity contribution in [3.63, 3.8) is 0 Å². The molecule has 0 saturated carbocycles. The summed E-state index contributed by atoms with van der Waals surface area (Å²) in [5, 5.41) is 9.52. The highest BCUT2D eigenvalue weighted by Gasteiger charge is 2.25. The molecule has 0 bridgehead atoms. The highest BCUT2D eigenvalue weighted by molar-refractivity contribution is 5.75. The summed E-state index contributed by atoms with van der Waals surface area (Å²) in [6.45, 7) is 8.18. The Kier molecular flexibility index (Phi) is 4.42. The third-order valence-electron chi connectivity index (χ3n) is 4.23. The van der Waals surface area contributed by atoms with Gasteiger partial charge in [0.1, 0.15) is 11.3 Å². The smallest absolute Gasteiger partial charge is 0.151 e. The van der Waals surface area contributed by atoms with Gasteiger partial charge in [-0.3, -0.25) is 9.80 Å². The number of para-hydroxylation sites is 1. The van der Waals surface area contributed by atoms with Crippen LogP contribution in [0.15, 0.2) is 18.2 Å². The first-order valence-electron chi connectivity index (χ1n) is 7.80. The maximum absolute atomic E-state index is 13.7. The highest BCUT2D eigenvalue weighted by atomic mass is 19.1. The third-order valence-corrected chi connectivity index (χ3v) is 4.23. The number of hydrogen-bond donors (Lipinski definition) is 2. The molecule has 1 fully saturated rings. The lowest BCUT2D eigenvalue weighted by Crippen LogP contribution is -2.53. The van der Waals surface area contributed by atoms with Crippen LogP contribution >= 0.6 is 0 Å². The molecule has 2 atom stereocenters. The van der Waals surface area contributed by atoms with E-state index in [4.69, 9.17) is 0 Å². The Morgan fingerprint density at radius 1 is 1.45 bits per heavy atom. The van der Waals surface area contributed by atoms with Crippen LogP contribution in [-0.2, 0) is 6.54 Å². The minimum Gasteiger partial charge on any atom is -0.392 e. The van der Waals surface area contributed by atoms with E-state index in [0.29, 0.717) is 24.6 Å². The average molecular weight is 306 g/mol. The summed E-state index contributed by atoms with van der Waals surface area (Å²) >= 11 is 0. The monoisotopic (exact) mass is 306 g/mol. The summed E-state index contributed by atoms with van der Waals surface area (Å²) in [6.07, 6.45) is -0.299. The lowest BCUT2D eigenvalue weighted by Gasteiger charge is -2.40. The molecular weight excluding hydrogens is 283 g/mol. The van der Waals surface area contributed by atoms with E-state index in [9.17, 15) is 9.50 Å². The van der Waals surface area contributed by atoms with E-state index in [1.54, 1.807) is 6.07 Å². The molecule has 2 N–H and O–H groups in total. The number of benzene rings is 1. The summed E-state index contributed by atoms with van der Waals surface area (Å²) in [4.78, 5) is 12.2. The van der Waals surface area contributed by atoms with Crippen molar-refractivity contribution >= 4 is 11.0 Å². The Labute approximate surface area is 129 Å². The number of piperazine rings is 1. The van der Waals surface area contributed by atoms with Crippen LogP contribution in [0.1, 0.15) is 19.7 Å². The fourth-order valence-corrected chi connectivity index (χ4v) is 3.16. The first-order chi connectivity index (χ1) is 10.5. The number of aromatic amines is 1. The second-order valence-electron chi connectivity index (χ2n) is 6.25. The summed E-state index contributed by atoms with van der Waals surface area (Å²) in [5.74, 6) is 0.520. The van der Waals surface area contributed by atoms with Gasteiger partial charge in [0.2, 0.25) is 0 Å². The molecule has 1 aromatic carbocycles. The van der Waals surface area contributed by atoms with E-state index >= 15 is 0 Å². The van der Waals surface area contributed by atoms with Gasteiger partial charge in [0.05, 0.1) is 18.2 Å². The van der Waals surface area contributed by atoms with Gasteiger partial charge in [0.15, 0.2) is 5.82 Å². The second kappa shape index (κ2) is 6.32. The fraction of sp³-hybridized carbons (Fsp3) is 0.562. The van der Waals surface area contributed by atoms with Crippen molar-refractivity contribution in [1.82, 2.24) is 19.8 Å². The summed E-state index contributed by atoms with van der Waals surface area (Å²) in [7, 11) is 0. The molecular formula is C16H23FN4O. The number of fused-ring (bicyclic) bond motifs is 1. The molecule has 0 aliphatic carbocycles. The molecule has 0 radical (unpaired) electrons. The number of β-amino-alcohol motifs (C(OH)–C–C–N with tert-alkyl or cyclic N) is 1. The van der Waals surface area contributed by atoms with Crippen LogP contribution in [0.25, 0.3) is 11.0 Å². The maximum Gasteiger partial charge on any atom is 0.151 e. The van der Waals surface area contributed by atoms with Gasteiger partial charge >= 0.3 is 0 Å². The first kappa shape index (κ1) is 15.4. The van der Waals surface area contributed by atoms with E-state index < -0.39 is 0 Å². The number of aliphatic hydroxyl groups is 1. The number of aromatic nitrogens is 2.